The van der Waals surface area contributed by atoms with Crippen LogP contribution in [0.1, 0.15) is 11.3 Å². The van der Waals surface area contributed by atoms with E-state index < -0.39 is 42.3 Å². The zero-order valence-corrected chi connectivity index (χ0v) is 15.6. The van der Waals surface area contributed by atoms with Gasteiger partial charge in [-0.1, -0.05) is 30.3 Å². The van der Waals surface area contributed by atoms with Gasteiger partial charge in [0.2, 0.25) is 6.29 Å². The fourth-order valence-electron chi connectivity index (χ4n) is 3.42. The molecule has 2 aliphatic rings. The van der Waals surface area contributed by atoms with E-state index in [1.165, 1.54) is 12.7 Å². The number of anilines is 1. The number of aliphatic hydroxyl groups excluding tert-OH is 3. The summed E-state index contributed by atoms with van der Waals surface area (Å²) in [6.07, 6.45) is -5.76. The number of benzene rings is 1. The summed E-state index contributed by atoms with van der Waals surface area (Å²) < 4.78 is 5.13. The molecule has 1 aromatic carbocycles. The maximum atomic E-state index is 11.3. The van der Waals surface area contributed by atoms with Crippen LogP contribution in [0, 0.1) is 0 Å². The number of carboxylic acids is 1. The van der Waals surface area contributed by atoms with E-state index in [0.29, 0.717) is 12.1 Å². The van der Waals surface area contributed by atoms with Gasteiger partial charge in [0.1, 0.15) is 30.3 Å². The number of carbonyl (C=O) groups is 1. The molecule has 0 radical (unpaired) electrons. The van der Waals surface area contributed by atoms with E-state index in [9.17, 15) is 20.1 Å². The van der Waals surface area contributed by atoms with Crippen molar-refractivity contribution in [2.45, 2.75) is 42.8 Å². The highest BCUT2D eigenvalue weighted by Gasteiger charge is 2.49. The molecule has 7 N–H and O–H groups in total. The van der Waals surface area contributed by atoms with Gasteiger partial charge < -0.3 is 35.9 Å². The molecule has 3 heterocycles. The predicted molar refractivity (Wildman–Crippen MR) is 101 cm³/mol. The zero-order chi connectivity index (χ0) is 21.5. The lowest BCUT2D eigenvalue weighted by Crippen LogP contribution is -2.61. The summed E-state index contributed by atoms with van der Waals surface area (Å²) in [5.74, 6) is -1.29. The summed E-state index contributed by atoms with van der Waals surface area (Å²) in [6.45, 7) is 0. The lowest BCUT2D eigenvalue weighted by molar-refractivity contribution is -0.293. The molecule has 12 nitrogen and oxygen atoms in total. The van der Waals surface area contributed by atoms with Gasteiger partial charge in [0, 0.05) is 6.42 Å². The minimum atomic E-state index is -1.82. The van der Waals surface area contributed by atoms with E-state index in [4.69, 9.17) is 20.4 Å². The maximum absolute atomic E-state index is 11.3. The summed E-state index contributed by atoms with van der Waals surface area (Å²) in [7, 11) is 0. The Kier molecular flexibility index (Phi) is 5.27. The average Bonchev–Trinajstić information content (AvgIpc) is 3.22. The van der Waals surface area contributed by atoms with Crippen molar-refractivity contribution in [3.05, 3.63) is 47.9 Å². The SMILES string of the molecule is NC1(Cc2ccccc2)N=CN(OC2O[C@H](C(=O)O)[C@@H](O)[C@H](O)[C@H]2O)c2nc[nH]c21. The van der Waals surface area contributed by atoms with Gasteiger partial charge in [-0.3, -0.25) is 0 Å². The molecule has 2 aromatic rings. The van der Waals surface area contributed by atoms with Crippen molar-refractivity contribution in [2.24, 2.45) is 10.7 Å². The third-order valence-electron chi connectivity index (χ3n) is 5.00. The number of H-pyrrole nitrogens is 1. The molecule has 1 aromatic heterocycles. The minimum absolute atomic E-state index is 0.228. The van der Waals surface area contributed by atoms with Gasteiger partial charge in [0.05, 0.1) is 6.33 Å². The van der Waals surface area contributed by atoms with Crippen LogP contribution in [-0.2, 0) is 26.5 Å². The average molecular weight is 419 g/mol. The van der Waals surface area contributed by atoms with E-state index in [1.54, 1.807) is 0 Å². The van der Waals surface area contributed by atoms with E-state index in [1.807, 2.05) is 30.3 Å². The third-order valence-corrected chi connectivity index (χ3v) is 5.00. The number of aliphatic imine (C=N–C) groups is 1. The van der Waals surface area contributed by atoms with Crippen LogP contribution in [0.3, 0.4) is 0 Å². The topological polar surface area (TPSA) is 187 Å². The van der Waals surface area contributed by atoms with Crippen molar-refractivity contribution in [1.82, 2.24) is 9.97 Å². The molecule has 2 unspecified atom stereocenters. The second-order valence-electron chi connectivity index (χ2n) is 7.10. The number of aliphatic hydroxyl groups is 3. The predicted octanol–water partition coefficient (Wildman–Crippen LogP) is -1.56. The number of ether oxygens (including phenoxy) is 1. The molecular formula is C18H21N5O7. The third kappa shape index (κ3) is 3.56. The van der Waals surface area contributed by atoms with Crippen molar-refractivity contribution >= 4 is 18.1 Å². The first-order valence-corrected chi connectivity index (χ1v) is 9.10. The molecule has 2 aliphatic heterocycles. The maximum Gasteiger partial charge on any atom is 0.335 e. The van der Waals surface area contributed by atoms with Crippen molar-refractivity contribution in [1.29, 1.82) is 0 Å². The quantitative estimate of drug-likeness (QED) is 0.331. The van der Waals surface area contributed by atoms with Crippen LogP contribution in [0.25, 0.3) is 0 Å². The van der Waals surface area contributed by atoms with E-state index >= 15 is 0 Å². The Morgan fingerprint density at radius 3 is 2.67 bits per heavy atom. The van der Waals surface area contributed by atoms with Crippen LogP contribution in [0.5, 0.6) is 0 Å². The summed E-state index contributed by atoms with van der Waals surface area (Å²) in [4.78, 5) is 28.2. The van der Waals surface area contributed by atoms with Gasteiger partial charge in [-0.2, -0.15) is 5.06 Å². The van der Waals surface area contributed by atoms with Crippen LogP contribution in [0.2, 0.25) is 0 Å². The Hall–Kier alpha value is -2.87. The molecule has 30 heavy (non-hydrogen) atoms. The van der Waals surface area contributed by atoms with E-state index in [-0.39, 0.29) is 5.82 Å². The van der Waals surface area contributed by atoms with Crippen molar-refractivity contribution in [2.75, 3.05) is 5.06 Å². The largest absolute Gasteiger partial charge is 0.479 e. The fraction of sp³-hybridized carbons (Fsp3) is 0.389. The number of aromatic nitrogens is 2. The summed E-state index contributed by atoms with van der Waals surface area (Å²) >= 11 is 0. The second-order valence-corrected chi connectivity index (χ2v) is 7.10. The standard InChI is InChI=1S/C18H21N5O7/c19-18(6-9-4-2-1-3-5-9)14-15(21-7-20-14)23(8-22-18)30-17-12(26)10(24)11(25)13(29-17)16(27)28/h1-5,7-8,10-13,17,24-26H,6,19H2,(H,20,21)(H,27,28)/t10-,11-,12+,13-,17?,18?/m0/s1. The van der Waals surface area contributed by atoms with E-state index in [0.717, 1.165) is 10.6 Å². The number of hydroxylamine groups is 1. The lowest BCUT2D eigenvalue weighted by atomic mass is 9.97. The van der Waals surface area contributed by atoms with Crippen molar-refractivity contribution in [3.8, 4) is 0 Å². The Morgan fingerprint density at radius 1 is 1.23 bits per heavy atom. The molecule has 160 valence electrons. The number of aromatic amines is 1. The lowest BCUT2D eigenvalue weighted by Gasteiger charge is -2.40. The smallest absolute Gasteiger partial charge is 0.335 e. The molecule has 0 aliphatic carbocycles. The first-order valence-electron chi connectivity index (χ1n) is 9.10. The molecule has 0 amide bonds. The van der Waals surface area contributed by atoms with Crippen LogP contribution in [-0.4, -0.2) is 73.4 Å². The number of aliphatic carboxylic acids is 1. The molecule has 6 atom stereocenters. The van der Waals surface area contributed by atoms with Gasteiger partial charge >= 0.3 is 5.97 Å². The van der Waals surface area contributed by atoms with Crippen LogP contribution in [0.15, 0.2) is 41.7 Å². The first-order chi connectivity index (χ1) is 14.3. The van der Waals surface area contributed by atoms with Gasteiger partial charge in [-0.15, -0.1) is 0 Å². The van der Waals surface area contributed by atoms with Gasteiger partial charge in [0.25, 0.3) is 0 Å². The van der Waals surface area contributed by atoms with E-state index in [2.05, 4.69) is 15.0 Å². The Morgan fingerprint density at radius 2 is 1.97 bits per heavy atom. The Labute approximate surface area is 170 Å². The zero-order valence-electron chi connectivity index (χ0n) is 15.6. The van der Waals surface area contributed by atoms with Crippen molar-refractivity contribution in [3.63, 3.8) is 0 Å². The van der Waals surface area contributed by atoms with Gasteiger partial charge in [0.15, 0.2) is 17.6 Å². The second kappa shape index (κ2) is 7.75. The monoisotopic (exact) mass is 419 g/mol. The minimum Gasteiger partial charge on any atom is -0.479 e. The molecule has 0 spiro atoms. The number of nitrogens with zero attached hydrogens (tertiary/aromatic N) is 3. The Bertz CT molecular complexity index is 938. The molecule has 1 saturated heterocycles. The molecule has 12 heteroatoms. The number of fused-ring (bicyclic) bond motifs is 1. The number of nitrogens with two attached hydrogens (primary N) is 1. The van der Waals surface area contributed by atoms with Gasteiger partial charge in [-0.05, 0) is 5.56 Å². The highest BCUT2D eigenvalue weighted by molar-refractivity contribution is 5.79. The van der Waals surface area contributed by atoms with Crippen molar-refractivity contribution < 1.29 is 34.8 Å². The van der Waals surface area contributed by atoms with Crippen LogP contribution < -0.4 is 10.8 Å². The number of rotatable bonds is 5. The number of imidazole rings is 1. The molecule has 4 rings (SSSR count). The fourth-order valence-corrected chi connectivity index (χ4v) is 3.42. The number of carboxylic acid groups (broad SMARTS) is 1. The Balaban J connectivity index is 1.56. The summed E-state index contributed by atoms with van der Waals surface area (Å²) in [6, 6.07) is 9.48. The summed E-state index contributed by atoms with van der Waals surface area (Å²) in [5, 5.41) is 40.1. The highest BCUT2D eigenvalue weighted by Crippen LogP contribution is 2.34. The molecule has 0 saturated carbocycles. The number of hydrogen-bond donors (Lipinski definition) is 6. The normalized spacial score (nSPS) is 33.3. The first kappa shape index (κ1) is 20.4. The molecule has 1 fully saturated rings. The number of nitrogens with one attached hydrogen (secondary N) is 1. The number of hydrogen-bond acceptors (Lipinski definition) is 10. The molecular weight excluding hydrogens is 398 g/mol. The van der Waals surface area contributed by atoms with Crippen LogP contribution >= 0.6 is 0 Å². The van der Waals surface area contributed by atoms with Gasteiger partial charge in [-0.25, -0.2) is 19.6 Å². The summed E-state index contributed by atoms with van der Waals surface area (Å²) in [5.41, 5.74) is 6.69. The van der Waals surface area contributed by atoms with Crippen LogP contribution in [0.4, 0.5) is 5.82 Å². The molecule has 0 bridgehead atoms. The highest BCUT2D eigenvalue weighted by atomic mass is 16.8.